The Morgan fingerprint density at radius 3 is 2.56 bits per heavy atom. The van der Waals surface area contributed by atoms with Crippen LogP contribution in [0.5, 0.6) is 0 Å². The van der Waals surface area contributed by atoms with E-state index in [1.165, 1.54) is 0 Å². The molecule has 1 aromatic heterocycles. The first-order valence-electron chi connectivity index (χ1n) is 10.9. The number of benzene rings is 2. The average Bonchev–Trinajstić information content (AvgIpc) is 3.24. The van der Waals surface area contributed by atoms with Gasteiger partial charge in [-0.25, -0.2) is 9.78 Å². The summed E-state index contributed by atoms with van der Waals surface area (Å²) in [6.45, 7) is 4.05. The molecule has 2 aromatic carbocycles. The third kappa shape index (κ3) is 3.23. The number of nitrogens with one attached hydrogen (secondary N) is 2. The second-order valence-electron chi connectivity index (χ2n) is 8.81. The van der Waals surface area contributed by atoms with Crippen molar-refractivity contribution < 1.29 is 14.4 Å². The van der Waals surface area contributed by atoms with E-state index in [0.29, 0.717) is 29.8 Å². The molecule has 164 valence electrons. The minimum absolute atomic E-state index is 0.328. The van der Waals surface area contributed by atoms with E-state index in [0.717, 1.165) is 34.9 Å². The van der Waals surface area contributed by atoms with E-state index in [1.807, 2.05) is 47.9 Å². The number of hydrogen-bond donors (Lipinski definition) is 2. The number of amides is 4. The van der Waals surface area contributed by atoms with Crippen molar-refractivity contribution >= 4 is 28.9 Å². The summed E-state index contributed by atoms with van der Waals surface area (Å²) in [4.78, 5) is 43.0. The second-order valence-corrected chi connectivity index (χ2v) is 8.81. The molecule has 4 amide bonds. The number of rotatable bonds is 3. The predicted molar refractivity (Wildman–Crippen MR) is 119 cm³/mol. The van der Waals surface area contributed by atoms with Crippen LogP contribution in [0.2, 0.25) is 0 Å². The van der Waals surface area contributed by atoms with Gasteiger partial charge in [0.25, 0.3) is 11.8 Å². The SMILES string of the molecule is Cc1nc2cc(C(=O)NN3C(=O)NC4(CCC(C)CC4)C3=O)ccc2n1-c1ccccc1. The quantitative estimate of drug-likeness (QED) is 0.621. The molecule has 1 saturated heterocycles. The lowest BCUT2D eigenvalue weighted by Gasteiger charge is -2.33. The summed E-state index contributed by atoms with van der Waals surface area (Å²) in [6.07, 6.45) is 2.92. The maximum atomic E-state index is 13.0. The lowest BCUT2D eigenvalue weighted by atomic mass is 9.77. The molecule has 0 atom stereocenters. The monoisotopic (exact) mass is 431 g/mol. The number of nitrogens with zero attached hydrogens (tertiary/aromatic N) is 3. The fourth-order valence-corrected chi connectivity index (χ4v) is 4.73. The largest absolute Gasteiger partial charge is 0.344 e. The number of carbonyl (C=O) groups excluding carboxylic acids is 3. The maximum Gasteiger partial charge on any atom is 0.344 e. The van der Waals surface area contributed by atoms with Gasteiger partial charge in [-0.1, -0.05) is 25.1 Å². The highest BCUT2D eigenvalue weighted by atomic mass is 16.2. The van der Waals surface area contributed by atoms with Gasteiger partial charge in [-0.15, -0.1) is 0 Å². The van der Waals surface area contributed by atoms with E-state index < -0.39 is 17.5 Å². The number of imide groups is 1. The zero-order chi connectivity index (χ0) is 22.5. The number of hydrazine groups is 1. The van der Waals surface area contributed by atoms with Crippen LogP contribution in [-0.4, -0.2) is 37.9 Å². The zero-order valence-corrected chi connectivity index (χ0v) is 18.1. The summed E-state index contributed by atoms with van der Waals surface area (Å²) >= 11 is 0. The number of aromatic nitrogens is 2. The van der Waals surface area contributed by atoms with E-state index in [2.05, 4.69) is 22.7 Å². The summed E-state index contributed by atoms with van der Waals surface area (Å²) in [5.74, 6) is 0.419. The molecule has 1 aliphatic carbocycles. The van der Waals surface area contributed by atoms with Crippen LogP contribution >= 0.6 is 0 Å². The minimum atomic E-state index is -0.896. The van der Waals surface area contributed by atoms with E-state index in [-0.39, 0.29) is 5.91 Å². The van der Waals surface area contributed by atoms with Crippen molar-refractivity contribution in [2.45, 2.75) is 45.1 Å². The summed E-state index contributed by atoms with van der Waals surface area (Å²) in [5.41, 5.74) is 4.44. The molecule has 3 aromatic rings. The molecule has 32 heavy (non-hydrogen) atoms. The summed E-state index contributed by atoms with van der Waals surface area (Å²) in [6, 6.07) is 14.5. The smallest absolute Gasteiger partial charge is 0.322 e. The molecule has 2 heterocycles. The number of hydrogen-bond acceptors (Lipinski definition) is 4. The molecule has 1 spiro atoms. The van der Waals surface area contributed by atoms with Crippen molar-refractivity contribution in [3.63, 3.8) is 0 Å². The van der Waals surface area contributed by atoms with Crippen LogP contribution in [-0.2, 0) is 4.79 Å². The van der Waals surface area contributed by atoms with Gasteiger partial charge in [-0.05, 0) is 68.9 Å². The van der Waals surface area contributed by atoms with Crippen LogP contribution in [0.15, 0.2) is 48.5 Å². The van der Waals surface area contributed by atoms with Crippen LogP contribution in [0.25, 0.3) is 16.7 Å². The van der Waals surface area contributed by atoms with Gasteiger partial charge in [0.15, 0.2) is 0 Å². The van der Waals surface area contributed by atoms with Crippen molar-refractivity contribution in [3.8, 4) is 5.69 Å². The molecule has 5 rings (SSSR count). The first-order chi connectivity index (χ1) is 15.4. The number of carbonyl (C=O) groups is 3. The van der Waals surface area contributed by atoms with E-state index in [9.17, 15) is 14.4 Å². The van der Waals surface area contributed by atoms with Gasteiger partial charge >= 0.3 is 6.03 Å². The van der Waals surface area contributed by atoms with Crippen LogP contribution in [0.4, 0.5) is 4.79 Å². The van der Waals surface area contributed by atoms with Crippen molar-refractivity contribution in [1.82, 2.24) is 25.3 Å². The zero-order valence-electron chi connectivity index (χ0n) is 18.1. The average molecular weight is 431 g/mol. The third-order valence-corrected chi connectivity index (χ3v) is 6.60. The molecule has 8 nitrogen and oxygen atoms in total. The molecule has 0 bridgehead atoms. The Balaban J connectivity index is 1.39. The normalized spacial score (nSPS) is 23.1. The molecule has 0 unspecified atom stereocenters. The highest BCUT2D eigenvalue weighted by molar-refractivity contribution is 6.09. The fraction of sp³-hybridized carbons (Fsp3) is 0.333. The number of fused-ring (bicyclic) bond motifs is 1. The van der Waals surface area contributed by atoms with E-state index in [1.54, 1.807) is 12.1 Å². The van der Waals surface area contributed by atoms with Crippen molar-refractivity contribution in [1.29, 1.82) is 0 Å². The Morgan fingerprint density at radius 1 is 1.12 bits per heavy atom. The van der Waals surface area contributed by atoms with E-state index >= 15 is 0 Å². The molecule has 2 N–H and O–H groups in total. The third-order valence-electron chi connectivity index (χ3n) is 6.60. The fourth-order valence-electron chi connectivity index (χ4n) is 4.73. The summed E-state index contributed by atoms with van der Waals surface area (Å²) in [5, 5.41) is 3.64. The molecular weight excluding hydrogens is 406 g/mol. The number of para-hydroxylation sites is 1. The van der Waals surface area contributed by atoms with Crippen LogP contribution in [0.3, 0.4) is 0 Å². The first kappa shape index (κ1) is 20.2. The molecule has 0 radical (unpaired) electrons. The van der Waals surface area contributed by atoms with E-state index in [4.69, 9.17) is 0 Å². The highest BCUT2D eigenvalue weighted by Gasteiger charge is 2.52. The Labute approximate surface area is 185 Å². The minimum Gasteiger partial charge on any atom is -0.322 e. The number of imidazole rings is 1. The number of urea groups is 1. The van der Waals surface area contributed by atoms with Crippen LogP contribution < -0.4 is 10.7 Å². The molecule has 2 aliphatic rings. The van der Waals surface area contributed by atoms with Crippen LogP contribution in [0, 0.1) is 12.8 Å². The predicted octanol–water partition coefficient (Wildman–Crippen LogP) is 3.48. The van der Waals surface area contributed by atoms with Crippen molar-refractivity contribution in [3.05, 3.63) is 59.9 Å². The van der Waals surface area contributed by atoms with Crippen molar-refractivity contribution in [2.75, 3.05) is 0 Å². The maximum absolute atomic E-state index is 13.0. The van der Waals surface area contributed by atoms with Gasteiger partial charge in [0.05, 0.1) is 11.0 Å². The van der Waals surface area contributed by atoms with Gasteiger partial charge in [0, 0.05) is 11.3 Å². The standard InChI is InChI=1S/C24H25N5O3/c1-15-10-12-24(13-11-15)22(31)29(23(32)26-24)27-21(30)17-8-9-20-19(14-17)25-16(2)28(20)18-6-4-3-5-7-18/h3-9,14-15H,10-13H2,1-2H3,(H,26,32)(H,27,30). The summed E-state index contributed by atoms with van der Waals surface area (Å²) < 4.78 is 2.02. The molecule has 2 fully saturated rings. The van der Waals surface area contributed by atoms with Gasteiger partial charge in [-0.3, -0.25) is 19.6 Å². The lowest BCUT2D eigenvalue weighted by Crippen LogP contribution is -2.51. The van der Waals surface area contributed by atoms with Gasteiger partial charge in [0.1, 0.15) is 11.4 Å². The molecular formula is C24H25N5O3. The second kappa shape index (κ2) is 7.47. The van der Waals surface area contributed by atoms with Gasteiger partial charge in [0.2, 0.25) is 0 Å². The lowest BCUT2D eigenvalue weighted by molar-refractivity contribution is -0.134. The van der Waals surface area contributed by atoms with Crippen molar-refractivity contribution in [2.24, 2.45) is 5.92 Å². The Morgan fingerprint density at radius 2 is 1.84 bits per heavy atom. The Bertz CT molecular complexity index is 1230. The molecule has 1 saturated carbocycles. The van der Waals surface area contributed by atoms with Gasteiger partial charge in [-0.2, -0.15) is 5.01 Å². The summed E-state index contributed by atoms with van der Waals surface area (Å²) in [7, 11) is 0. The first-order valence-corrected chi connectivity index (χ1v) is 10.9. The van der Waals surface area contributed by atoms with Gasteiger partial charge < -0.3 is 5.32 Å². The molecule has 1 aliphatic heterocycles. The topological polar surface area (TPSA) is 96.3 Å². The number of aryl methyl sites for hydroxylation is 1. The van der Waals surface area contributed by atoms with Crippen LogP contribution in [0.1, 0.15) is 48.8 Å². The Kier molecular flexibility index (Phi) is 4.73. The Hall–Kier alpha value is -3.68. The highest BCUT2D eigenvalue weighted by Crippen LogP contribution is 2.35. The molecule has 8 heteroatoms.